The summed E-state index contributed by atoms with van der Waals surface area (Å²) < 4.78 is 1.23. The molecule has 0 saturated carbocycles. The molecule has 0 aliphatic carbocycles. The van der Waals surface area contributed by atoms with Gasteiger partial charge in [-0.3, -0.25) is 14.3 Å². The van der Waals surface area contributed by atoms with Gasteiger partial charge in [0.15, 0.2) is 0 Å². The van der Waals surface area contributed by atoms with Gasteiger partial charge in [0.25, 0.3) is 5.56 Å². The van der Waals surface area contributed by atoms with Gasteiger partial charge >= 0.3 is 5.69 Å². The van der Waals surface area contributed by atoms with Gasteiger partial charge < -0.3 is 0 Å². The van der Waals surface area contributed by atoms with E-state index in [2.05, 4.69) is 4.98 Å². The quantitative estimate of drug-likeness (QED) is 0.835. The number of hydrogen-bond acceptors (Lipinski definition) is 4. The minimum absolute atomic E-state index is 0.0449. The van der Waals surface area contributed by atoms with Crippen molar-refractivity contribution in [2.45, 2.75) is 25.1 Å². The lowest BCUT2D eigenvalue weighted by Gasteiger charge is -2.22. The largest absolute Gasteiger partial charge is 0.328 e. The van der Waals surface area contributed by atoms with Crippen LogP contribution in [0, 0.1) is 11.3 Å². The molecule has 1 aromatic rings. The summed E-state index contributed by atoms with van der Waals surface area (Å²) in [5, 5.41) is 8.70. The van der Waals surface area contributed by atoms with E-state index in [0.717, 1.165) is 0 Å². The highest BCUT2D eigenvalue weighted by atomic mass is 32.2. The number of hydrogen-bond donors (Lipinski definition) is 1. The summed E-state index contributed by atoms with van der Waals surface area (Å²) in [6, 6.07) is 1.76. The standard InChI is InChI=1S/C10H13N3O2S/c1-10(2,16-3)6-13-5-7(4-11)8(14)12-9(13)15/h5H,6H2,1-3H3,(H,12,14,15). The van der Waals surface area contributed by atoms with Crippen LogP contribution in [0.25, 0.3) is 0 Å². The average Bonchev–Trinajstić information content (AvgIpc) is 2.22. The van der Waals surface area contributed by atoms with Crippen LogP contribution < -0.4 is 11.2 Å². The third kappa shape index (κ3) is 2.76. The first-order chi connectivity index (χ1) is 7.39. The predicted molar refractivity (Wildman–Crippen MR) is 63.6 cm³/mol. The highest BCUT2D eigenvalue weighted by Gasteiger charge is 2.18. The highest BCUT2D eigenvalue weighted by molar-refractivity contribution is 7.99. The summed E-state index contributed by atoms with van der Waals surface area (Å²) in [7, 11) is 0. The van der Waals surface area contributed by atoms with E-state index in [1.807, 2.05) is 20.1 Å². The molecule has 1 aromatic heterocycles. The lowest BCUT2D eigenvalue weighted by molar-refractivity contribution is 0.541. The number of thioether (sulfide) groups is 1. The van der Waals surface area contributed by atoms with Gasteiger partial charge in [0.1, 0.15) is 11.6 Å². The normalized spacial score (nSPS) is 11.1. The summed E-state index contributed by atoms with van der Waals surface area (Å²) in [6.45, 7) is 4.42. The van der Waals surface area contributed by atoms with Gasteiger partial charge in [-0.15, -0.1) is 0 Å². The second kappa shape index (κ2) is 4.58. The molecule has 0 aliphatic heterocycles. The number of H-pyrrole nitrogens is 1. The van der Waals surface area contributed by atoms with E-state index in [1.165, 1.54) is 10.8 Å². The number of nitriles is 1. The van der Waals surface area contributed by atoms with E-state index in [1.54, 1.807) is 17.8 Å². The van der Waals surface area contributed by atoms with Crippen molar-refractivity contribution in [1.82, 2.24) is 9.55 Å². The molecule has 0 amide bonds. The Bertz CT molecular complexity index is 536. The Morgan fingerprint density at radius 3 is 2.69 bits per heavy atom. The van der Waals surface area contributed by atoms with Crippen LogP contribution in [0.15, 0.2) is 15.8 Å². The summed E-state index contributed by atoms with van der Waals surface area (Å²) in [4.78, 5) is 24.8. The number of nitrogens with zero attached hydrogens (tertiary/aromatic N) is 2. The average molecular weight is 239 g/mol. The van der Waals surface area contributed by atoms with Gasteiger partial charge in [-0.05, 0) is 20.1 Å². The van der Waals surface area contributed by atoms with E-state index >= 15 is 0 Å². The molecule has 0 aromatic carbocycles. The van der Waals surface area contributed by atoms with Gasteiger partial charge in [0, 0.05) is 17.5 Å². The minimum atomic E-state index is -0.634. The van der Waals surface area contributed by atoms with Crippen molar-refractivity contribution in [3.05, 3.63) is 32.6 Å². The second-order valence-corrected chi connectivity index (χ2v) is 5.52. The van der Waals surface area contributed by atoms with Crippen LogP contribution in [0.2, 0.25) is 0 Å². The molecule has 6 heteroatoms. The van der Waals surface area contributed by atoms with Gasteiger partial charge in [0.05, 0.1) is 0 Å². The Morgan fingerprint density at radius 1 is 1.56 bits per heavy atom. The molecule has 0 bridgehead atoms. The van der Waals surface area contributed by atoms with Crippen molar-refractivity contribution in [2.24, 2.45) is 0 Å². The van der Waals surface area contributed by atoms with Gasteiger partial charge in [-0.1, -0.05) is 0 Å². The Hall–Kier alpha value is -1.48. The molecule has 0 radical (unpaired) electrons. The van der Waals surface area contributed by atoms with E-state index in [9.17, 15) is 9.59 Å². The second-order valence-electron chi connectivity index (χ2n) is 4.01. The molecular weight excluding hydrogens is 226 g/mol. The molecule has 1 N–H and O–H groups in total. The maximum atomic E-state index is 11.5. The summed E-state index contributed by atoms with van der Waals surface area (Å²) in [5.74, 6) is 0. The van der Waals surface area contributed by atoms with E-state index < -0.39 is 11.2 Å². The molecule has 0 fully saturated rings. The molecule has 0 atom stereocenters. The van der Waals surface area contributed by atoms with Crippen molar-refractivity contribution in [2.75, 3.05) is 6.26 Å². The van der Waals surface area contributed by atoms with Crippen LogP contribution in [-0.2, 0) is 6.54 Å². The van der Waals surface area contributed by atoms with Crippen LogP contribution in [-0.4, -0.2) is 20.6 Å². The molecule has 0 spiro atoms. The predicted octanol–water partition coefficient (Wildman–Crippen LogP) is 0.550. The van der Waals surface area contributed by atoms with Crippen LogP contribution in [0.3, 0.4) is 0 Å². The van der Waals surface area contributed by atoms with Crippen molar-refractivity contribution in [3.8, 4) is 6.07 Å². The fraction of sp³-hybridized carbons (Fsp3) is 0.500. The zero-order valence-electron chi connectivity index (χ0n) is 9.40. The number of rotatable bonds is 3. The summed E-state index contributed by atoms with van der Waals surface area (Å²) in [5.41, 5.74) is -1.16. The third-order valence-corrected chi connectivity index (χ3v) is 3.47. The number of aromatic nitrogens is 2. The smallest absolute Gasteiger partial charge is 0.298 e. The molecule has 86 valence electrons. The fourth-order valence-electron chi connectivity index (χ4n) is 1.18. The lowest BCUT2D eigenvalue weighted by Crippen LogP contribution is -2.36. The van der Waals surface area contributed by atoms with Crippen molar-refractivity contribution < 1.29 is 0 Å². The van der Waals surface area contributed by atoms with Gasteiger partial charge in [-0.2, -0.15) is 17.0 Å². The molecular formula is C10H13N3O2S. The number of aromatic amines is 1. The third-order valence-electron chi connectivity index (χ3n) is 2.24. The molecule has 1 rings (SSSR count). The molecule has 0 saturated heterocycles. The monoisotopic (exact) mass is 239 g/mol. The first-order valence-corrected chi connectivity index (χ1v) is 5.91. The van der Waals surface area contributed by atoms with Crippen molar-refractivity contribution in [1.29, 1.82) is 5.26 Å². The van der Waals surface area contributed by atoms with Crippen LogP contribution in [0.5, 0.6) is 0 Å². The summed E-state index contributed by atoms with van der Waals surface area (Å²) in [6.07, 6.45) is 3.25. The molecule has 5 nitrogen and oxygen atoms in total. The Morgan fingerprint density at radius 2 is 2.19 bits per heavy atom. The number of nitrogens with one attached hydrogen (secondary N) is 1. The zero-order valence-corrected chi connectivity index (χ0v) is 10.2. The first-order valence-electron chi connectivity index (χ1n) is 4.68. The maximum Gasteiger partial charge on any atom is 0.328 e. The maximum absolute atomic E-state index is 11.5. The molecule has 0 unspecified atom stereocenters. The molecule has 1 heterocycles. The van der Waals surface area contributed by atoms with E-state index in [-0.39, 0.29) is 10.3 Å². The minimum Gasteiger partial charge on any atom is -0.298 e. The van der Waals surface area contributed by atoms with Crippen LogP contribution in [0.1, 0.15) is 19.4 Å². The molecule has 0 aliphatic rings. The van der Waals surface area contributed by atoms with Crippen molar-refractivity contribution in [3.63, 3.8) is 0 Å². The first kappa shape index (κ1) is 12.6. The van der Waals surface area contributed by atoms with Crippen LogP contribution in [0.4, 0.5) is 0 Å². The molecule has 16 heavy (non-hydrogen) atoms. The van der Waals surface area contributed by atoms with Gasteiger partial charge in [0.2, 0.25) is 0 Å². The van der Waals surface area contributed by atoms with E-state index in [4.69, 9.17) is 5.26 Å². The lowest BCUT2D eigenvalue weighted by atomic mass is 10.2. The zero-order chi connectivity index (χ0) is 12.3. The van der Waals surface area contributed by atoms with Gasteiger partial charge in [-0.25, -0.2) is 4.79 Å². The Labute approximate surface area is 97.1 Å². The van der Waals surface area contributed by atoms with Crippen molar-refractivity contribution >= 4 is 11.8 Å². The highest BCUT2D eigenvalue weighted by Crippen LogP contribution is 2.22. The van der Waals surface area contributed by atoms with E-state index in [0.29, 0.717) is 6.54 Å². The topological polar surface area (TPSA) is 78.7 Å². The fourth-order valence-corrected chi connectivity index (χ4v) is 1.45. The Kier molecular flexibility index (Phi) is 3.60. The Balaban J connectivity index is 3.22. The summed E-state index contributed by atoms with van der Waals surface area (Å²) >= 11 is 1.61. The van der Waals surface area contributed by atoms with Crippen LogP contribution >= 0.6 is 11.8 Å². The SMILES string of the molecule is CSC(C)(C)Cn1cc(C#N)c(=O)[nH]c1=O.